The summed E-state index contributed by atoms with van der Waals surface area (Å²) in [5, 5.41) is 3.45. The van der Waals surface area contributed by atoms with Crippen LogP contribution < -0.4 is 5.32 Å². The monoisotopic (exact) mass is 125 g/mol. The lowest BCUT2D eigenvalue weighted by molar-refractivity contribution is 0.0289. The second kappa shape index (κ2) is 1.98. The van der Waals surface area contributed by atoms with Crippen LogP contribution in [0.5, 0.6) is 0 Å². The average molecular weight is 125 g/mol. The standard InChI is InChI=1S/C8H15N/c1-2-8-6-3-7(8)5-9-4-6/h6-9H,2-5H2,1H3/t6-,7+,8?. The maximum atomic E-state index is 3.45. The highest BCUT2D eigenvalue weighted by molar-refractivity contribution is 4.94. The van der Waals surface area contributed by atoms with Crippen molar-refractivity contribution < 1.29 is 0 Å². The number of hydrogen-bond donors (Lipinski definition) is 1. The van der Waals surface area contributed by atoms with Crippen LogP contribution >= 0.6 is 0 Å². The second-order valence-corrected chi connectivity index (χ2v) is 3.49. The number of fused-ring (bicyclic) bond motifs is 2. The Hall–Kier alpha value is -0.0400. The van der Waals surface area contributed by atoms with E-state index < -0.39 is 0 Å². The van der Waals surface area contributed by atoms with Crippen LogP contribution in [0.15, 0.2) is 0 Å². The van der Waals surface area contributed by atoms with Gasteiger partial charge in [0.25, 0.3) is 0 Å². The topological polar surface area (TPSA) is 12.0 Å². The van der Waals surface area contributed by atoms with Gasteiger partial charge >= 0.3 is 0 Å². The first kappa shape index (κ1) is 5.72. The summed E-state index contributed by atoms with van der Waals surface area (Å²) < 4.78 is 0. The first-order valence-corrected chi connectivity index (χ1v) is 4.12. The van der Waals surface area contributed by atoms with Crippen molar-refractivity contribution in [3.05, 3.63) is 0 Å². The van der Waals surface area contributed by atoms with Gasteiger partial charge in [0.15, 0.2) is 0 Å². The highest BCUT2D eigenvalue weighted by Crippen LogP contribution is 2.44. The van der Waals surface area contributed by atoms with E-state index in [9.17, 15) is 0 Å². The van der Waals surface area contributed by atoms with Gasteiger partial charge < -0.3 is 5.32 Å². The number of hydrogen-bond acceptors (Lipinski definition) is 1. The molecule has 1 saturated carbocycles. The fourth-order valence-electron chi connectivity index (χ4n) is 2.52. The Bertz CT molecular complexity index is 97.1. The molecule has 0 aromatic heterocycles. The predicted octanol–water partition coefficient (Wildman–Crippen LogP) is 1.25. The van der Waals surface area contributed by atoms with Crippen LogP contribution in [0.25, 0.3) is 0 Å². The van der Waals surface area contributed by atoms with Gasteiger partial charge in [-0.1, -0.05) is 13.3 Å². The van der Waals surface area contributed by atoms with Crippen LogP contribution in [0.1, 0.15) is 19.8 Å². The van der Waals surface area contributed by atoms with E-state index >= 15 is 0 Å². The molecule has 0 spiro atoms. The third kappa shape index (κ3) is 0.710. The lowest BCUT2D eigenvalue weighted by Gasteiger charge is -2.49. The zero-order valence-electron chi connectivity index (χ0n) is 6.06. The molecule has 0 aromatic carbocycles. The van der Waals surface area contributed by atoms with Crippen LogP contribution in [-0.2, 0) is 0 Å². The molecule has 3 fully saturated rings. The molecule has 0 amide bonds. The molecule has 3 atom stereocenters. The van der Waals surface area contributed by atoms with E-state index in [1.807, 2.05) is 0 Å². The Morgan fingerprint density at radius 1 is 1.33 bits per heavy atom. The highest BCUT2D eigenvalue weighted by Gasteiger charge is 2.41. The molecule has 2 saturated heterocycles. The first-order chi connectivity index (χ1) is 4.42. The summed E-state index contributed by atoms with van der Waals surface area (Å²) in [6.07, 6.45) is 2.93. The summed E-state index contributed by atoms with van der Waals surface area (Å²) in [6.45, 7) is 4.93. The van der Waals surface area contributed by atoms with E-state index in [0.29, 0.717) is 0 Å². The van der Waals surface area contributed by atoms with Gasteiger partial charge in [-0.25, -0.2) is 0 Å². The van der Waals surface area contributed by atoms with Crippen molar-refractivity contribution in [1.82, 2.24) is 5.32 Å². The molecule has 0 aromatic rings. The summed E-state index contributed by atoms with van der Waals surface area (Å²) in [7, 11) is 0. The van der Waals surface area contributed by atoms with E-state index in [0.717, 1.165) is 17.8 Å². The molecule has 1 heteroatoms. The van der Waals surface area contributed by atoms with Gasteiger partial charge in [0.1, 0.15) is 0 Å². The Labute approximate surface area is 56.8 Å². The SMILES string of the molecule is CCC1[C@@H]2CNC[C@H]1C2. The number of piperidine rings is 2. The van der Waals surface area contributed by atoms with Gasteiger partial charge in [0.2, 0.25) is 0 Å². The molecule has 2 heterocycles. The minimum atomic E-state index is 1.05. The van der Waals surface area contributed by atoms with Crippen molar-refractivity contribution in [2.24, 2.45) is 17.8 Å². The third-order valence-electron chi connectivity index (χ3n) is 3.10. The lowest BCUT2D eigenvalue weighted by atomic mass is 9.61. The quantitative estimate of drug-likeness (QED) is 0.556. The molecule has 9 heavy (non-hydrogen) atoms. The Morgan fingerprint density at radius 2 is 2.00 bits per heavy atom. The summed E-state index contributed by atoms with van der Waals surface area (Å²) in [5.41, 5.74) is 0. The zero-order chi connectivity index (χ0) is 6.27. The first-order valence-electron chi connectivity index (χ1n) is 4.12. The Morgan fingerprint density at radius 3 is 2.33 bits per heavy atom. The van der Waals surface area contributed by atoms with Crippen molar-refractivity contribution in [2.45, 2.75) is 19.8 Å². The van der Waals surface area contributed by atoms with Gasteiger partial charge in [-0.05, 0) is 37.3 Å². The average Bonchev–Trinajstić information content (AvgIpc) is 1.90. The van der Waals surface area contributed by atoms with Crippen molar-refractivity contribution >= 4 is 0 Å². The molecule has 3 aliphatic rings. The number of rotatable bonds is 1. The Kier molecular flexibility index (Phi) is 1.26. The van der Waals surface area contributed by atoms with Crippen LogP contribution in [0, 0.1) is 17.8 Å². The molecule has 0 radical (unpaired) electrons. The van der Waals surface area contributed by atoms with Crippen LogP contribution in [0.3, 0.4) is 0 Å². The van der Waals surface area contributed by atoms with Crippen molar-refractivity contribution in [3.8, 4) is 0 Å². The smallest absolute Gasteiger partial charge is 0.00175 e. The van der Waals surface area contributed by atoms with Crippen LogP contribution in [0.2, 0.25) is 0 Å². The zero-order valence-corrected chi connectivity index (χ0v) is 6.06. The van der Waals surface area contributed by atoms with Crippen molar-refractivity contribution in [3.63, 3.8) is 0 Å². The highest BCUT2D eigenvalue weighted by atomic mass is 14.9. The van der Waals surface area contributed by atoms with E-state index in [4.69, 9.17) is 0 Å². The van der Waals surface area contributed by atoms with E-state index in [2.05, 4.69) is 12.2 Å². The fraction of sp³-hybridized carbons (Fsp3) is 1.00. The molecule has 3 rings (SSSR count). The molecule has 1 N–H and O–H groups in total. The van der Waals surface area contributed by atoms with E-state index in [1.54, 1.807) is 0 Å². The Balaban J connectivity index is 1.97. The summed E-state index contributed by atoms with van der Waals surface area (Å²) in [5.74, 6) is 3.19. The molecule has 1 aliphatic carbocycles. The molecule has 1 unspecified atom stereocenters. The summed E-state index contributed by atoms with van der Waals surface area (Å²) in [4.78, 5) is 0. The molecule has 52 valence electrons. The summed E-state index contributed by atoms with van der Waals surface area (Å²) in [6, 6.07) is 0. The van der Waals surface area contributed by atoms with Crippen molar-refractivity contribution in [2.75, 3.05) is 13.1 Å². The van der Waals surface area contributed by atoms with Crippen LogP contribution in [0.4, 0.5) is 0 Å². The van der Waals surface area contributed by atoms with Gasteiger partial charge in [-0.15, -0.1) is 0 Å². The van der Waals surface area contributed by atoms with Gasteiger partial charge in [0.05, 0.1) is 0 Å². The maximum absolute atomic E-state index is 3.45. The maximum Gasteiger partial charge on any atom is -0.00175 e. The van der Waals surface area contributed by atoms with E-state index in [1.165, 1.54) is 25.9 Å². The molecular formula is C8H15N. The predicted molar refractivity (Wildman–Crippen MR) is 38.2 cm³/mol. The number of nitrogens with one attached hydrogen (secondary N) is 1. The van der Waals surface area contributed by atoms with Crippen LogP contribution in [-0.4, -0.2) is 13.1 Å². The second-order valence-electron chi connectivity index (χ2n) is 3.49. The van der Waals surface area contributed by atoms with E-state index in [-0.39, 0.29) is 0 Å². The molecular weight excluding hydrogens is 110 g/mol. The molecule has 2 aliphatic heterocycles. The largest absolute Gasteiger partial charge is 0.316 e. The third-order valence-corrected chi connectivity index (χ3v) is 3.10. The lowest BCUT2D eigenvalue weighted by Crippen LogP contribution is -2.52. The van der Waals surface area contributed by atoms with Crippen molar-refractivity contribution in [1.29, 1.82) is 0 Å². The summed E-state index contributed by atoms with van der Waals surface area (Å²) >= 11 is 0. The minimum absolute atomic E-state index is 1.05. The molecule has 1 nitrogen and oxygen atoms in total. The fourth-order valence-corrected chi connectivity index (χ4v) is 2.52. The normalized spacial score (nSPS) is 48.3. The minimum Gasteiger partial charge on any atom is -0.316 e. The van der Waals surface area contributed by atoms with Gasteiger partial charge in [-0.2, -0.15) is 0 Å². The van der Waals surface area contributed by atoms with Gasteiger partial charge in [0, 0.05) is 0 Å². The molecule has 2 bridgehead atoms. The van der Waals surface area contributed by atoms with Gasteiger partial charge in [-0.3, -0.25) is 0 Å².